The van der Waals surface area contributed by atoms with Gasteiger partial charge in [-0.25, -0.2) is 0 Å². The van der Waals surface area contributed by atoms with Gasteiger partial charge in [-0.2, -0.15) is 0 Å². The van der Waals surface area contributed by atoms with Crippen molar-refractivity contribution in [2.24, 2.45) is 46.3 Å². The van der Waals surface area contributed by atoms with Crippen molar-refractivity contribution in [2.45, 2.75) is 90.1 Å². The van der Waals surface area contributed by atoms with Gasteiger partial charge in [0.1, 0.15) is 0 Å². The average Bonchev–Trinajstić information content (AvgIpc) is 3.32. The molecule has 0 spiro atoms. The van der Waals surface area contributed by atoms with Crippen LogP contribution in [0.4, 0.5) is 0 Å². The first kappa shape index (κ1) is 25.5. The summed E-state index contributed by atoms with van der Waals surface area (Å²) in [5.74, 6) is 5.33. The highest BCUT2D eigenvalue weighted by Gasteiger charge is 2.60. The van der Waals surface area contributed by atoms with Crippen LogP contribution in [0.15, 0.2) is 22.8 Å². The van der Waals surface area contributed by atoms with Gasteiger partial charge in [-0.1, -0.05) is 38.0 Å². The molecule has 6 fully saturated rings. The van der Waals surface area contributed by atoms with Crippen LogP contribution in [-0.2, 0) is 0 Å². The van der Waals surface area contributed by atoms with Gasteiger partial charge in [0.2, 0.25) is 0 Å². The van der Waals surface area contributed by atoms with Gasteiger partial charge in [0, 0.05) is 5.16 Å². The summed E-state index contributed by atoms with van der Waals surface area (Å²) in [7, 11) is 6.85. The SMILES string of the molecule is CC(C)(C)C1=CC(C23CC4CC(CC(C4)C2CP)C3)=C(C(P)(C2CCCNC2)C2CCCNC2)C1. The maximum Gasteiger partial charge on any atom is 0.0146 e. The predicted molar refractivity (Wildman–Crippen MR) is 157 cm³/mol. The number of rotatable bonds is 5. The molecule has 0 radical (unpaired) electrons. The van der Waals surface area contributed by atoms with E-state index in [1.165, 1.54) is 96.5 Å². The lowest BCUT2D eigenvalue weighted by Gasteiger charge is -2.63. The largest absolute Gasteiger partial charge is 0.316 e. The fraction of sp³-hybridized carbons (Fsp3) is 0.871. The number of piperidine rings is 2. The van der Waals surface area contributed by atoms with Gasteiger partial charge in [-0.3, -0.25) is 0 Å². The molecule has 35 heavy (non-hydrogen) atoms. The number of allylic oxidation sites excluding steroid dienone is 4. The molecule has 7 rings (SSSR count). The van der Waals surface area contributed by atoms with Crippen molar-refractivity contribution in [1.29, 1.82) is 0 Å². The van der Waals surface area contributed by atoms with E-state index in [0.29, 0.717) is 5.41 Å². The maximum atomic E-state index is 3.84. The van der Waals surface area contributed by atoms with Gasteiger partial charge >= 0.3 is 0 Å². The summed E-state index contributed by atoms with van der Waals surface area (Å²) in [6.07, 6.45) is 18.4. The Labute approximate surface area is 220 Å². The van der Waals surface area contributed by atoms with Gasteiger partial charge < -0.3 is 10.6 Å². The Morgan fingerprint density at radius 1 is 0.943 bits per heavy atom. The first-order valence-electron chi connectivity index (χ1n) is 15.1. The molecule has 7 atom stereocenters. The third-order valence-electron chi connectivity index (χ3n) is 11.8. The summed E-state index contributed by atoms with van der Waals surface area (Å²) in [5.41, 5.74) is 6.19. The van der Waals surface area contributed by atoms with E-state index in [0.717, 1.165) is 35.5 Å². The standard InChI is InChI=1S/C31H52N2P2/c1-29(2,3)25-13-26(30-15-20-10-21(16-30)12-22(11-20)28(30)19-34)27(14-25)31(35,23-6-4-8-32-17-23)24-7-5-9-33-18-24/h13,20-24,28,32-33H,4-12,14-19,34-35H2,1-3H3. The lowest BCUT2D eigenvalue weighted by atomic mass is 9.43. The van der Waals surface area contributed by atoms with Crippen molar-refractivity contribution in [1.82, 2.24) is 10.6 Å². The second-order valence-corrected chi connectivity index (χ2v) is 16.0. The third-order valence-corrected chi connectivity index (χ3v) is 13.6. The van der Waals surface area contributed by atoms with Gasteiger partial charge in [-0.15, -0.1) is 18.5 Å². The van der Waals surface area contributed by atoms with Crippen LogP contribution in [0.3, 0.4) is 0 Å². The lowest BCUT2D eigenvalue weighted by molar-refractivity contribution is -0.0766. The van der Waals surface area contributed by atoms with Crippen molar-refractivity contribution >= 4 is 18.5 Å². The first-order valence-corrected chi connectivity index (χ1v) is 16.5. The van der Waals surface area contributed by atoms with Gasteiger partial charge in [0.05, 0.1) is 0 Å². The molecule has 2 heterocycles. The lowest BCUT2D eigenvalue weighted by Crippen LogP contribution is -2.56. The van der Waals surface area contributed by atoms with Crippen LogP contribution in [0.2, 0.25) is 0 Å². The van der Waals surface area contributed by atoms with Crippen molar-refractivity contribution in [3.05, 3.63) is 22.8 Å². The van der Waals surface area contributed by atoms with E-state index in [1.807, 2.05) is 11.1 Å². The van der Waals surface area contributed by atoms with Crippen molar-refractivity contribution in [3.8, 4) is 0 Å². The molecule has 0 amide bonds. The van der Waals surface area contributed by atoms with Gasteiger partial charge in [0.15, 0.2) is 0 Å². The molecule has 4 saturated carbocycles. The summed E-state index contributed by atoms with van der Waals surface area (Å²) < 4.78 is 0. The van der Waals surface area contributed by atoms with E-state index in [1.54, 1.807) is 5.57 Å². The summed E-state index contributed by atoms with van der Waals surface area (Å²) in [6, 6.07) is 0. The maximum absolute atomic E-state index is 3.84. The highest BCUT2D eigenvalue weighted by atomic mass is 31.0. The quantitative estimate of drug-likeness (QED) is 0.405. The number of nitrogens with one attached hydrogen (secondary N) is 2. The van der Waals surface area contributed by atoms with E-state index in [4.69, 9.17) is 0 Å². The minimum absolute atomic E-state index is 0.231. The Morgan fingerprint density at radius 3 is 2.03 bits per heavy atom. The zero-order chi connectivity index (χ0) is 24.4. The van der Waals surface area contributed by atoms with Gasteiger partial charge in [0.25, 0.3) is 0 Å². The van der Waals surface area contributed by atoms with E-state index < -0.39 is 0 Å². The Balaban J connectivity index is 1.51. The molecule has 2 aliphatic heterocycles. The summed E-state index contributed by atoms with van der Waals surface area (Å²) >= 11 is 0. The third kappa shape index (κ3) is 4.19. The zero-order valence-corrected chi connectivity index (χ0v) is 25.1. The fourth-order valence-electron chi connectivity index (χ4n) is 10.2. The number of hydrogen-bond acceptors (Lipinski definition) is 2. The van der Waals surface area contributed by atoms with Crippen LogP contribution in [0.25, 0.3) is 0 Å². The molecular formula is C31H52N2P2. The van der Waals surface area contributed by atoms with Crippen molar-refractivity contribution < 1.29 is 0 Å². The predicted octanol–water partition coefficient (Wildman–Crippen LogP) is 6.59. The molecule has 0 aromatic carbocycles. The highest BCUT2D eigenvalue weighted by molar-refractivity contribution is 7.19. The van der Waals surface area contributed by atoms with Crippen molar-refractivity contribution in [3.63, 3.8) is 0 Å². The Hall–Kier alpha value is 0.260. The highest BCUT2D eigenvalue weighted by Crippen LogP contribution is 2.69. The van der Waals surface area contributed by atoms with Crippen LogP contribution in [0.5, 0.6) is 0 Å². The second kappa shape index (κ2) is 9.47. The van der Waals surface area contributed by atoms with Crippen molar-refractivity contribution in [2.75, 3.05) is 32.3 Å². The second-order valence-electron chi connectivity index (χ2n) is 14.6. The Morgan fingerprint density at radius 2 is 1.54 bits per heavy atom. The van der Waals surface area contributed by atoms with Crippen LogP contribution in [0.1, 0.15) is 85.0 Å². The molecule has 7 unspecified atom stereocenters. The van der Waals surface area contributed by atoms with Gasteiger partial charge in [-0.05, 0) is 148 Å². The molecule has 2 nitrogen and oxygen atoms in total. The van der Waals surface area contributed by atoms with E-state index in [-0.39, 0.29) is 10.6 Å². The summed E-state index contributed by atoms with van der Waals surface area (Å²) in [4.78, 5) is 0. The number of hydrogen-bond donors (Lipinski definition) is 2. The average molecular weight is 515 g/mol. The van der Waals surface area contributed by atoms with E-state index in [2.05, 4.69) is 56.0 Å². The molecule has 2 N–H and O–H groups in total. The van der Waals surface area contributed by atoms with Crippen LogP contribution >= 0.6 is 18.5 Å². The van der Waals surface area contributed by atoms with E-state index in [9.17, 15) is 0 Å². The molecule has 7 aliphatic rings. The normalized spacial score (nSPS) is 43.4. The fourth-order valence-corrected chi connectivity index (χ4v) is 11.9. The Bertz CT molecular complexity index is 839. The Kier molecular flexibility index (Phi) is 6.91. The minimum atomic E-state index is 0.231. The first-order chi connectivity index (χ1) is 16.8. The van der Waals surface area contributed by atoms with Crippen LogP contribution in [-0.4, -0.2) is 37.5 Å². The summed E-state index contributed by atoms with van der Waals surface area (Å²) in [6.45, 7) is 12.2. The smallest absolute Gasteiger partial charge is 0.0146 e. The monoisotopic (exact) mass is 514 g/mol. The zero-order valence-electron chi connectivity index (χ0n) is 22.8. The topological polar surface area (TPSA) is 24.1 Å². The summed E-state index contributed by atoms with van der Waals surface area (Å²) in [5, 5.41) is 7.91. The molecule has 4 bridgehead atoms. The molecule has 0 aromatic rings. The molecular weight excluding hydrogens is 462 g/mol. The molecule has 196 valence electrons. The minimum Gasteiger partial charge on any atom is -0.316 e. The van der Waals surface area contributed by atoms with Crippen LogP contribution < -0.4 is 10.6 Å². The van der Waals surface area contributed by atoms with E-state index >= 15 is 0 Å². The molecule has 4 heteroatoms. The van der Waals surface area contributed by atoms with Crippen LogP contribution in [0, 0.1) is 46.3 Å². The molecule has 5 aliphatic carbocycles. The molecule has 2 saturated heterocycles. The molecule has 0 aromatic heterocycles.